The molecule has 1 unspecified atom stereocenters. The molecular formula is C52H84N14O11S3. The van der Waals surface area contributed by atoms with Gasteiger partial charge in [-0.05, 0) is 23.7 Å². The number of rotatable bonds is 3. The number of thioether (sulfide) groups is 1. The average molecular weight is 1180 g/mol. The molecule has 80 heavy (non-hydrogen) atoms. The lowest BCUT2D eigenvalue weighted by molar-refractivity contribution is -0.120. The zero-order valence-electron chi connectivity index (χ0n) is 50.1. The molecular weight excluding hydrogens is 1090 g/mol. The highest BCUT2D eigenvalue weighted by molar-refractivity contribution is 8.15. The summed E-state index contributed by atoms with van der Waals surface area (Å²) in [4.78, 5) is 87.2. The first-order valence-electron chi connectivity index (χ1n) is 25.3. The van der Waals surface area contributed by atoms with Gasteiger partial charge in [0.05, 0.1) is 11.5 Å². The first-order valence-corrected chi connectivity index (χ1v) is 27.8. The van der Waals surface area contributed by atoms with Gasteiger partial charge < -0.3 is 19.8 Å². The second-order valence-electron chi connectivity index (χ2n) is 24.1. The Morgan fingerprint density at radius 1 is 0.688 bits per heavy atom. The summed E-state index contributed by atoms with van der Waals surface area (Å²) in [5.41, 5.74) is 5.63. The van der Waals surface area contributed by atoms with Crippen LogP contribution >= 0.6 is 35.0 Å². The average Bonchev–Trinajstić information content (AvgIpc) is 4.18. The van der Waals surface area contributed by atoms with Gasteiger partial charge in [-0.2, -0.15) is 19.6 Å². The molecule has 1 aliphatic rings. The highest BCUT2D eigenvalue weighted by Crippen LogP contribution is 2.34. The van der Waals surface area contributed by atoms with Gasteiger partial charge in [0.15, 0.2) is 17.4 Å². The van der Waals surface area contributed by atoms with Crippen LogP contribution in [0.2, 0.25) is 0 Å². The summed E-state index contributed by atoms with van der Waals surface area (Å²) in [5.74, 6) is 3.91. The van der Waals surface area contributed by atoms with Crippen LogP contribution in [-0.2, 0) is 26.5 Å². The van der Waals surface area contributed by atoms with E-state index in [1.54, 1.807) is 6.07 Å². The summed E-state index contributed by atoms with van der Waals surface area (Å²) >= 11 is 3.61. The Morgan fingerprint density at radius 2 is 1.29 bits per heavy atom. The Balaban J connectivity index is 0.000000458. The molecule has 1 aliphatic heterocycles. The molecule has 0 aliphatic carbocycles. The molecule has 8 heterocycles. The number of nitrogen functional groups attached to an aromatic ring is 1. The molecule has 28 heteroatoms. The predicted octanol–water partition coefficient (Wildman–Crippen LogP) is 9.39. The number of carbonyl (C=O) groups excluding carboxylic acids is 2. The fourth-order valence-electron chi connectivity index (χ4n) is 5.45. The third kappa shape index (κ3) is 25.9. The number of aromatic nitrogens is 12. The third-order valence-electron chi connectivity index (χ3n) is 10.0. The van der Waals surface area contributed by atoms with E-state index in [0.29, 0.717) is 34.7 Å². The lowest BCUT2D eigenvalue weighted by Crippen LogP contribution is -2.33. The summed E-state index contributed by atoms with van der Waals surface area (Å²) < 4.78 is 23.1. The van der Waals surface area contributed by atoms with Crippen LogP contribution in [0.3, 0.4) is 0 Å². The standard InChI is InChI=1S/C8H10O3.C7H13N3.C7H11NO2S.C7H11NO2.C7H11NOS.C6H10N2OS.C5H10N4.C5H8N2O2/c1-5(2)6-3-11-4-7(9)8(6)10;1-5-8-6(10-9-5)7(2,3)4;1-7(2,3)4-5(9)8-6(10)11-4;2*1-7(2,3)5-4-6(9)8-10-5;1-6(2,3)4-5(9)8-10-7-4;1-3(2)4-7-5(6)9-8-4;1-3(2)4-6-5(8)9-7-4/h3-5,9H,1-2H3;1-4H3,(H,8,9,10);4H,1-3H3,(H,8,9,10);2*4H,1-3H3,(H,8,9);1-3H3,(H,8,9);3H,1-2H3,(H3,6,7,8,9);3H,1-2H3,(H,6,7,8). The molecule has 0 saturated carbocycles. The molecule has 0 spiro atoms. The Bertz CT molecular complexity index is 3190. The number of anilines is 1. The summed E-state index contributed by atoms with van der Waals surface area (Å²) in [7, 11) is 0. The monoisotopic (exact) mass is 1180 g/mol. The minimum Gasteiger partial charge on any atom is -0.502 e. The van der Waals surface area contributed by atoms with Gasteiger partial charge in [0, 0.05) is 62.4 Å². The number of hydrogen-bond acceptors (Lipinski definition) is 21. The largest absolute Gasteiger partial charge is 0.502 e. The molecule has 1 saturated heterocycles. The Morgan fingerprint density at radius 3 is 1.52 bits per heavy atom. The van der Waals surface area contributed by atoms with Gasteiger partial charge >= 0.3 is 5.76 Å². The number of imide groups is 1. The van der Waals surface area contributed by atoms with Crippen molar-refractivity contribution in [3.63, 3.8) is 0 Å². The molecule has 7 aromatic rings. The van der Waals surface area contributed by atoms with Crippen LogP contribution in [0.15, 0.2) is 62.1 Å². The van der Waals surface area contributed by atoms with Crippen LogP contribution in [0.25, 0.3) is 0 Å². The number of nitrogens with zero attached hydrogens (tertiary/aromatic N) is 6. The fraction of sp³-hybridized carbons (Fsp3) is 0.596. The van der Waals surface area contributed by atoms with E-state index < -0.39 is 5.76 Å². The van der Waals surface area contributed by atoms with Crippen LogP contribution in [0.4, 0.5) is 10.7 Å². The van der Waals surface area contributed by atoms with Crippen LogP contribution in [0.5, 0.6) is 5.75 Å². The fourth-order valence-corrected chi connectivity index (χ4v) is 7.76. The molecule has 446 valence electrons. The number of nitrogens with two attached hydrogens (primary N) is 1. The van der Waals surface area contributed by atoms with Gasteiger partial charge in [0.25, 0.3) is 21.9 Å². The van der Waals surface area contributed by atoms with Crippen molar-refractivity contribution in [3.8, 4) is 5.75 Å². The Kier molecular flexibility index (Phi) is 27.2. The normalized spacial score (nSPS) is 13.3. The molecule has 2 amide bonds. The number of H-pyrrole nitrogens is 6. The van der Waals surface area contributed by atoms with E-state index in [2.05, 4.69) is 110 Å². The number of amides is 2. The third-order valence-corrected chi connectivity index (χ3v) is 13.3. The predicted molar refractivity (Wildman–Crippen MR) is 314 cm³/mol. The van der Waals surface area contributed by atoms with Gasteiger partial charge in [0.2, 0.25) is 17.3 Å². The van der Waals surface area contributed by atoms with Crippen molar-refractivity contribution in [3.05, 3.63) is 122 Å². The van der Waals surface area contributed by atoms with E-state index in [1.807, 2.05) is 111 Å². The van der Waals surface area contributed by atoms with Crippen LogP contribution in [0.1, 0.15) is 208 Å². The molecule has 10 N–H and O–H groups in total. The lowest BCUT2D eigenvalue weighted by atomic mass is 9.91. The molecule has 25 nitrogen and oxygen atoms in total. The molecule has 7 aromatic heterocycles. The van der Waals surface area contributed by atoms with E-state index in [0.717, 1.165) is 52.1 Å². The topological polar surface area (TPSA) is 389 Å². The molecule has 0 bridgehead atoms. The molecule has 8 rings (SSSR count). The van der Waals surface area contributed by atoms with Gasteiger partial charge in [-0.15, -0.1) is 5.10 Å². The van der Waals surface area contributed by atoms with E-state index in [-0.39, 0.29) is 83.2 Å². The van der Waals surface area contributed by atoms with E-state index in [4.69, 9.17) is 19.8 Å². The number of hydrogen-bond donors (Lipinski definition) is 9. The number of aromatic hydroxyl groups is 1. The highest BCUT2D eigenvalue weighted by Gasteiger charge is 2.40. The van der Waals surface area contributed by atoms with Crippen molar-refractivity contribution in [1.29, 1.82) is 0 Å². The zero-order chi connectivity index (χ0) is 61.9. The minimum atomic E-state index is -0.487. The summed E-state index contributed by atoms with van der Waals surface area (Å²) in [6, 6.07) is 3.13. The molecule has 0 radical (unpaired) electrons. The number of aryl methyl sites for hydroxylation is 1. The second kappa shape index (κ2) is 30.6. The maximum atomic E-state index is 11.1. The second-order valence-corrected chi connectivity index (χ2v) is 26.6. The van der Waals surface area contributed by atoms with Crippen molar-refractivity contribution in [2.45, 2.75) is 197 Å². The SMILES string of the molecule is CC(C)(C)C1SC(=O)NC1=O.CC(C)(C)c1cc(=O)[nH]o1.CC(C)(C)c1cc(=O)[nH]s1.CC(C)(C)c1ns[nH]c1=O.CC(C)c1cocc(O)c1=O.CC(C)c1nc(N)n[nH]1.CC(C)c1noc(=O)[nH]1.Cc1nc(C(C)(C)C)n[nH]1. The smallest absolute Gasteiger partial charge is 0.438 e. The number of aromatic amines is 6. The first-order chi connectivity index (χ1) is 36.4. The van der Waals surface area contributed by atoms with Gasteiger partial charge in [-0.25, -0.2) is 9.78 Å². The van der Waals surface area contributed by atoms with Crippen LogP contribution in [-0.4, -0.2) is 80.3 Å². The first kappa shape index (κ1) is 71.1. The molecule has 1 atom stereocenters. The Labute approximate surface area is 477 Å². The number of carbonyl (C=O) groups is 2. The van der Waals surface area contributed by atoms with Crippen LogP contribution in [0, 0.1) is 12.3 Å². The van der Waals surface area contributed by atoms with Crippen LogP contribution < -0.4 is 38.9 Å². The quantitative estimate of drug-likeness (QED) is 0.0795. The van der Waals surface area contributed by atoms with Crippen molar-refractivity contribution in [2.75, 3.05) is 5.73 Å². The van der Waals surface area contributed by atoms with E-state index in [1.165, 1.54) is 23.9 Å². The molecule has 1 fully saturated rings. The van der Waals surface area contributed by atoms with Crippen molar-refractivity contribution >= 4 is 52.1 Å². The van der Waals surface area contributed by atoms with Crippen molar-refractivity contribution in [2.24, 2.45) is 5.41 Å². The van der Waals surface area contributed by atoms with Gasteiger partial charge in [-0.3, -0.25) is 62.5 Å². The maximum Gasteiger partial charge on any atom is 0.438 e. The van der Waals surface area contributed by atoms with E-state index >= 15 is 0 Å². The summed E-state index contributed by atoms with van der Waals surface area (Å²) in [6.07, 6.45) is 2.40. The van der Waals surface area contributed by atoms with Gasteiger partial charge in [-0.1, -0.05) is 174 Å². The maximum absolute atomic E-state index is 11.1. The zero-order valence-corrected chi connectivity index (χ0v) is 52.6. The minimum absolute atomic E-state index is 0.00919. The number of nitrogens with one attached hydrogen (secondary N) is 7. The summed E-state index contributed by atoms with van der Waals surface area (Å²) in [6.45, 7) is 43.8. The summed E-state index contributed by atoms with van der Waals surface area (Å²) in [5, 5.41) is 29.7. The van der Waals surface area contributed by atoms with Crippen molar-refractivity contribution in [1.82, 2.24) is 64.1 Å². The van der Waals surface area contributed by atoms with E-state index in [9.17, 15) is 33.6 Å². The van der Waals surface area contributed by atoms with Gasteiger partial charge in [0.1, 0.15) is 29.4 Å². The molecule has 0 aromatic carbocycles. The Hall–Kier alpha value is -6.94. The lowest BCUT2D eigenvalue weighted by Gasteiger charge is -2.21. The van der Waals surface area contributed by atoms with Crippen molar-refractivity contribution < 1.29 is 28.2 Å². The highest BCUT2D eigenvalue weighted by atomic mass is 32.2.